The summed E-state index contributed by atoms with van der Waals surface area (Å²) in [5, 5.41) is 15.4. The van der Waals surface area contributed by atoms with E-state index in [2.05, 4.69) is 9.98 Å². The Morgan fingerprint density at radius 2 is 2.05 bits per heavy atom. The minimum atomic E-state index is 0.0423. The van der Waals surface area contributed by atoms with Crippen molar-refractivity contribution in [1.82, 2.24) is 14.8 Å². The van der Waals surface area contributed by atoms with Gasteiger partial charge in [-0.15, -0.1) is 0 Å². The molecule has 1 rings (SSSR count). The zero-order valence-corrected chi connectivity index (χ0v) is 11.8. The topological polar surface area (TPSA) is 79.4 Å². The lowest BCUT2D eigenvalue weighted by molar-refractivity contribution is 0.507. The smallest absolute Gasteiger partial charge is 0.154 e. The Bertz CT molecular complexity index is 478. The third-order valence-electron chi connectivity index (χ3n) is 2.35. The van der Waals surface area contributed by atoms with Gasteiger partial charge in [0.05, 0.1) is 12.7 Å². The first-order chi connectivity index (χ1) is 8.95. The number of nitrogens with zero attached hydrogens (tertiary/aromatic N) is 4. The molecular weight excluding hydrogens is 240 g/mol. The molecule has 6 nitrogen and oxygen atoms in total. The molecule has 0 aliphatic heterocycles. The summed E-state index contributed by atoms with van der Waals surface area (Å²) in [6.45, 7) is 3.85. The molecule has 0 spiro atoms. The molecule has 0 aliphatic carbocycles. The van der Waals surface area contributed by atoms with Crippen LogP contribution < -0.4 is 0 Å². The number of aromatic nitrogens is 1. The first-order valence-electron chi connectivity index (χ1n) is 6.01. The van der Waals surface area contributed by atoms with Gasteiger partial charge in [0.25, 0.3) is 0 Å². The molecule has 0 bridgehead atoms. The summed E-state index contributed by atoms with van der Waals surface area (Å²) in [6, 6.07) is 5.37. The Morgan fingerprint density at radius 3 is 2.58 bits per heavy atom. The highest BCUT2D eigenvalue weighted by atomic mass is 15.2. The van der Waals surface area contributed by atoms with E-state index in [1.54, 1.807) is 23.4 Å². The summed E-state index contributed by atoms with van der Waals surface area (Å²) in [4.78, 5) is 11.9. The third-order valence-corrected chi connectivity index (χ3v) is 2.35. The van der Waals surface area contributed by atoms with Crippen molar-refractivity contribution in [1.29, 1.82) is 10.8 Å². The van der Waals surface area contributed by atoms with Crippen molar-refractivity contribution in [2.24, 2.45) is 4.99 Å². The van der Waals surface area contributed by atoms with E-state index in [4.69, 9.17) is 10.8 Å². The van der Waals surface area contributed by atoms with Crippen molar-refractivity contribution in [2.75, 3.05) is 14.1 Å². The summed E-state index contributed by atoms with van der Waals surface area (Å²) in [6.07, 6.45) is 2.80. The van der Waals surface area contributed by atoms with E-state index >= 15 is 0 Å². The van der Waals surface area contributed by atoms with E-state index in [9.17, 15) is 0 Å². The number of amidine groups is 1. The van der Waals surface area contributed by atoms with Gasteiger partial charge in [0.2, 0.25) is 0 Å². The Labute approximate surface area is 113 Å². The van der Waals surface area contributed by atoms with Crippen molar-refractivity contribution in [3.05, 3.63) is 23.9 Å². The van der Waals surface area contributed by atoms with Crippen LogP contribution in [0.15, 0.2) is 23.2 Å². The van der Waals surface area contributed by atoms with Crippen LogP contribution in [0.1, 0.15) is 19.5 Å². The van der Waals surface area contributed by atoms with Crippen LogP contribution in [-0.2, 0) is 0 Å². The van der Waals surface area contributed by atoms with Crippen LogP contribution in [-0.4, -0.2) is 53.4 Å². The predicted octanol–water partition coefficient (Wildman–Crippen LogP) is 1.95. The summed E-state index contributed by atoms with van der Waals surface area (Å²) in [7, 11) is 3.76. The monoisotopic (exact) mass is 260 g/mol. The molecule has 0 amide bonds. The first kappa shape index (κ1) is 14.8. The summed E-state index contributed by atoms with van der Waals surface area (Å²) in [5.41, 5.74) is 0.505. The molecule has 0 aliphatic rings. The van der Waals surface area contributed by atoms with Crippen LogP contribution in [0, 0.1) is 10.8 Å². The van der Waals surface area contributed by atoms with Gasteiger partial charge in [0.15, 0.2) is 11.7 Å². The predicted molar refractivity (Wildman–Crippen MR) is 78.7 cm³/mol. The van der Waals surface area contributed by atoms with Crippen LogP contribution in [0.2, 0.25) is 0 Å². The second-order valence-corrected chi connectivity index (χ2v) is 4.57. The maximum absolute atomic E-state index is 8.08. The fraction of sp³-hybridized carbons (Fsp3) is 0.385. The molecule has 1 aromatic rings. The van der Waals surface area contributed by atoms with Crippen LogP contribution in [0.4, 0.5) is 5.82 Å². The van der Waals surface area contributed by atoms with Gasteiger partial charge < -0.3 is 9.80 Å². The molecule has 0 fully saturated rings. The number of nitrogens with one attached hydrogen (secondary N) is 2. The highest BCUT2D eigenvalue weighted by Gasteiger charge is 2.14. The van der Waals surface area contributed by atoms with Gasteiger partial charge in [0, 0.05) is 20.1 Å². The van der Waals surface area contributed by atoms with Crippen molar-refractivity contribution in [2.45, 2.75) is 19.9 Å². The third kappa shape index (κ3) is 4.17. The first-order valence-corrected chi connectivity index (χ1v) is 6.01. The highest BCUT2D eigenvalue weighted by molar-refractivity contribution is 6.01. The Morgan fingerprint density at radius 1 is 1.37 bits per heavy atom. The van der Waals surface area contributed by atoms with Crippen molar-refractivity contribution in [3.8, 4) is 0 Å². The van der Waals surface area contributed by atoms with E-state index in [-0.39, 0.29) is 11.9 Å². The number of pyridine rings is 1. The summed E-state index contributed by atoms with van der Waals surface area (Å²) >= 11 is 0. The van der Waals surface area contributed by atoms with E-state index in [1.165, 1.54) is 0 Å². The zero-order chi connectivity index (χ0) is 14.4. The molecule has 0 saturated heterocycles. The number of hydrogen-bond donors (Lipinski definition) is 2. The molecule has 0 unspecified atom stereocenters. The zero-order valence-electron chi connectivity index (χ0n) is 11.8. The summed E-state index contributed by atoms with van der Waals surface area (Å²) in [5.74, 6) is 0.747. The minimum Gasteiger partial charge on any atom is -0.369 e. The maximum Gasteiger partial charge on any atom is 0.154 e. The molecule has 0 radical (unpaired) electrons. The average molecular weight is 260 g/mol. The van der Waals surface area contributed by atoms with Crippen LogP contribution >= 0.6 is 0 Å². The molecular formula is C13H20N6. The fourth-order valence-electron chi connectivity index (χ4n) is 1.41. The van der Waals surface area contributed by atoms with Gasteiger partial charge in [-0.1, -0.05) is 6.07 Å². The van der Waals surface area contributed by atoms with Gasteiger partial charge in [-0.25, -0.2) is 9.98 Å². The summed E-state index contributed by atoms with van der Waals surface area (Å²) < 4.78 is 0. The van der Waals surface area contributed by atoms with Gasteiger partial charge in [0.1, 0.15) is 5.69 Å². The van der Waals surface area contributed by atoms with Crippen molar-refractivity contribution in [3.63, 3.8) is 0 Å². The van der Waals surface area contributed by atoms with Crippen LogP contribution in [0.25, 0.3) is 0 Å². The molecule has 102 valence electrons. The second kappa shape index (κ2) is 6.63. The van der Waals surface area contributed by atoms with E-state index in [1.807, 2.05) is 38.9 Å². The van der Waals surface area contributed by atoms with E-state index < -0.39 is 0 Å². The van der Waals surface area contributed by atoms with E-state index in [0.717, 1.165) is 6.34 Å². The quantitative estimate of drug-likeness (QED) is 0.627. The number of aliphatic imine (C=N–C) groups is 1. The highest BCUT2D eigenvalue weighted by Crippen LogP contribution is 2.11. The molecule has 6 heteroatoms. The molecule has 0 aromatic carbocycles. The average Bonchev–Trinajstić information content (AvgIpc) is 2.37. The van der Waals surface area contributed by atoms with Gasteiger partial charge >= 0.3 is 0 Å². The normalized spacial score (nSPS) is 10.8. The van der Waals surface area contributed by atoms with Crippen LogP contribution in [0.5, 0.6) is 0 Å². The van der Waals surface area contributed by atoms with Crippen molar-refractivity contribution < 1.29 is 0 Å². The lowest BCUT2D eigenvalue weighted by atomic mass is 10.2. The lowest BCUT2D eigenvalue weighted by Crippen LogP contribution is -2.35. The number of hydrogen-bond acceptors (Lipinski definition) is 4. The Balaban J connectivity index is 2.98. The minimum absolute atomic E-state index is 0.0423. The molecule has 2 N–H and O–H groups in total. The molecule has 1 heterocycles. The standard InChI is InChI=1S/C13H20N6/c1-10(2)19(8-14)13(15)11-6-5-7-12(17-11)16-9-18(3)4/h5-10,14-15H,1-4H3/b14-8?,15-13?,16-9+. The van der Waals surface area contributed by atoms with Gasteiger partial charge in [-0.05, 0) is 26.0 Å². The van der Waals surface area contributed by atoms with Crippen molar-refractivity contribution >= 4 is 24.3 Å². The molecule has 1 aromatic heterocycles. The Kier molecular flexibility index (Phi) is 5.17. The number of rotatable bonds is 5. The molecule has 0 saturated carbocycles. The molecule has 19 heavy (non-hydrogen) atoms. The second-order valence-electron chi connectivity index (χ2n) is 4.57. The van der Waals surface area contributed by atoms with Crippen LogP contribution in [0.3, 0.4) is 0 Å². The Hall–Kier alpha value is -2.24. The SMILES string of the molecule is CC(C)N(C=N)C(=N)c1cccc(/N=C/N(C)C)n1. The fourth-order valence-corrected chi connectivity index (χ4v) is 1.41. The van der Waals surface area contributed by atoms with Gasteiger partial charge in [-0.2, -0.15) is 0 Å². The van der Waals surface area contributed by atoms with Gasteiger partial charge in [-0.3, -0.25) is 10.8 Å². The molecule has 0 atom stereocenters. The lowest BCUT2D eigenvalue weighted by Gasteiger charge is -2.23. The largest absolute Gasteiger partial charge is 0.369 e. The maximum atomic E-state index is 8.08. The van der Waals surface area contributed by atoms with E-state index in [0.29, 0.717) is 11.5 Å².